The van der Waals surface area contributed by atoms with E-state index in [0.717, 1.165) is 25.7 Å². The Morgan fingerprint density at radius 1 is 1.29 bits per heavy atom. The Kier molecular flexibility index (Phi) is 6.99. The third-order valence-corrected chi connectivity index (χ3v) is 4.10. The van der Waals surface area contributed by atoms with Gasteiger partial charge in [-0.15, -0.1) is 0 Å². The van der Waals surface area contributed by atoms with Crippen molar-refractivity contribution in [1.29, 1.82) is 0 Å². The summed E-state index contributed by atoms with van der Waals surface area (Å²) < 4.78 is 5.28. The summed E-state index contributed by atoms with van der Waals surface area (Å²) in [6.45, 7) is 5.06. The van der Waals surface area contributed by atoms with E-state index in [2.05, 4.69) is 12.2 Å². The van der Waals surface area contributed by atoms with Gasteiger partial charge in [0.2, 0.25) is 0 Å². The second kappa shape index (κ2) is 9.22. The molecule has 1 aliphatic rings. The fourth-order valence-electron chi connectivity index (χ4n) is 2.74. The molecular formula is C17H25N3O4. The SMILES string of the molecule is CCCCCCNC(=O)c1ccc(N2CCOCC2)c([N+](=O)[O-])c1. The highest BCUT2D eigenvalue weighted by atomic mass is 16.6. The molecule has 1 aromatic rings. The summed E-state index contributed by atoms with van der Waals surface area (Å²) in [7, 11) is 0. The quantitative estimate of drug-likeness (QED) is 0.448. The molecule has 0 atom stereocenters. The first kappa shape index (κ1) is 18.2. The molecule has 0 unspecified atom stereocenters. The zero-order valence-electron chi connectivity index (χ0n) is 14.1. The molecule has 1 aromatic carbocycles. The first-order chi connectivity index (χ1) is 11.6. The average molecular weight is 335 g/mol. The standard InChI is InChI=1S/C17H25N3O4/c1-2-3-4-5-8-18-17(21)14-6-7-15(16(13-14)20(22)23)19-9-11-24-12-10-19/h6-7,13H,2-5,8-12H2,1H3,(H,18,21). The summed E-state index contributed by atoms with van der Waals surface area (Å²) >= 11 is 0. The molecule has 1 N–H and O–H groups in total. The maximum atomic E-state index is 12.2. The molecule has 1 amide bonds. The van der Waals surface area contributed by atoms with E-state index in [1.165, 1.54) is 6.07 Å². The molecule has 132 valence electrons. The lowest BCUT2D eigenvalue weighted by Gasteiger charge is -2.28. The van der Waals surface area contributed by atoms with Crippen molar-refractivity contribution in [2.75, 3.05) is 37.7 Å². The second-order valence-corrected chi connectivity index (χ2v) is 5.88. The van der Waals surface area contributed by atoms with Crippen molar-refractivity contribution in [2.24, 2.45) is 0 Å². The lowest BCUT2D eigenvalue weighted by molar-refractivity contribution is -0.384. The molecule has 1 heterocycles. The number of amides is 1. The summed E-state index contributed by atoms with van der Waals surface area (Å²) in [5.74, 6) is -0.261. The highest BCUT2D eigenvalue weighted by molar-refractivity contribution is 5.95. The molecule has 24 heavy (non-hydrogen) atoms. The van der Waals surface area contributed by atoms with E-state index in [0.29, 0.717) is 44.1 Å². The van der Waals surface area contributed by atoms with Gasteiger partial charge in [-0.05, 0) is 18.6 Å². The van der Waals surface area contributed by atoms with Gasteiger partial charge in [-0.25, -0.2) is 0 Å². The monoisotopic (exact) mass is 335 g/mol. The van der Waals surface area contributed by atoms with E-state index in [-0.39, 0.29) is 11.6 Å². The van der Waals surface area contributed by atoms with E-state index >= 15 is 0 Å². The third kappa shape index (κ3) is 4.92. The average Bonchev–Trinajstić information content (AvgIpc) is 2.61. The topological polar surface area (TPSA) is 84.7 Å². The number of nitro benzene ring substituents is 1. The number of carbonyl (C=O) groups is 1. The van der Waals surface area contributed by atoms with Crippen LogP contribution in [0, 0.1) is 10.1 Å². The van der Waals surface area contributed by atoms with Gasteiger partial charge >= 0.3 is 0 Å². The van der Waals surface area contributed by atoms with Crippen molar-refractivity contribution in [2.45, 2.75) is 32.6 Å². The number of nitro groups is 1. The molecule has 0 saturated carbocycles. The molecule has 1 fully saturated rings. The number of anilines is 1. The van der Waals surface area contributed by atoms with Crippen molar-refractivity contribution in [3.05, 3.63) is 33.9 Å². The fraction of sp³-hybridized carbons (Fsp3) is 0.588. The Bertz CT molecular complexity index is 571. The lowest BCUT2D eigenvalue weighted by Crippen LogP contribution is -2.36. The van der Waals surface area contributed by atoms with Crippen molar-refractivity contribution in [3.63, 3.8) is 0 Å². The predicted molar refractivity (Wildman–Crippen MR) is 92.6 cm³/mol. The maximum Gasteiger partial charge on any atom is 0.293 e. The lowest BCUT2D eigenvalue weighted by atomic mass is 10.1. The first-order valence-electron chi connectivity index (χ1n) is 8.52. The van der Waals surface area contributed by atoms with Gasteiger partial charge in [0.1, 0.15) is 5.69 Å². The van der Waals surface area contributed by atoms with Crippen LogP contribution in [-0.2, 0) is 4.74 Å². The minimum atomic E-state index is -0.428. The Labute approximate surface area is 142 Å². The van der Waals surface area contributed by atoms with Crippen molar-refractivity contribution in [3.8, 4) is 0 Å². The fourth-order valence-corrected chi connectivity index (χ4v) is 2.74. The minimum absolute atomic E-state index is 0.0319. The van der Waals surface area contributed by atoms with Crippen LogP contribution in [0.5, 0.6) is 0 Å². The molecule has 0 bridgehead atoms. The van der Waals surface area contributed by atoms with Crippen LogP contribution < -0.4 is 10.2 Å². The molecule has 0 spiro atoms. The van der Waals surface area contributed by atoms with E-state index in [1.54, 1.807) is 12.1 Å². The van der Waals surface area contributed by atoms with Gasteiger partial charge in [0.05, 0.1) is 18.1 Å². The number of nitrogens with zero attached hydrogens (tertiary/aromatic N) is 2. The molecular weight excluding hydrogens is 310 g/mol. The Balaban J connectivity index is 2.04. The molecule has 0 aliphatic carbocycles. The van der Waals surface area contributed by atoms with Crippen LogP contribution in [0.1, 0.15) is 43.0 Å². The van der Waals surface area contributed by atoms with Crippen LogP contribution in [-0.4, -0.2) is 43.7 Å². The van der Waals surface area contributed by atoms with E-state index in [4.69, 9.17) is 4.74 Å². The number of hydrogen-bond donors (Lipinski definition) is 1. The van der Waals surface area contributed by atoms with E-state index in [9.17, 15) is 14.9 Å². The number of unbranched alkanes of at least 4 members (excludes halogenated alkanes) is 3. The van der Waals surface area contributed by atoms with Gasteiger partial charge in [0, 0.05) is 31.3 Å². The van der Waals surface area contributed by atoms with E-state index in [1.807, 2.05) is 4.90 Å². The smallest absolute Gasteiger partial charge is 0.293 e. The van der Waals surface area contributed by atoms with Crippen LogP contribution in [0.2, 0.25) is 0 Å². The summed E-state index contributed by atoms with van der Waals surface area (Å²) in [5.41, 5.74) is 0.840. The van der Waals surface area contributed by atoms with Gasteiger partial charge in [0.25, 0.3) is 11.6 Å². The van der Waals surface area contributed by atoms with Crippen LogP contribution in [0.15, 0.2) is 18.2 Å². The predicted octanol–water partition coefficient (Wildman–Crippen LogP) is 2.74. The molecule has 1 saturated heterocycles. The van der Waals surface area contributed by atoms with Crippen molar-refractivity contribution < 1.29 is 14.5 Å². The molecule has 1 aliphatic heterocycles. The van der Waals surface area contributed by atoms with Gasteiger partial charge in [-0.1, -0.05) is 26.2 Å². The second-order valence-electron chi connectivity index (χ2n) is 5.88. The van der Waals surface area contributed by atoms with Gasteiger partial charge in [0.15, 0.2) is 0 Å². The van der Waals surface area contributed by atoms with Gasteiger partial charge in [-0.2, -0.15) is 0 Å². The Morgan fingerprint density at radius 2 is 2.04 bits per heavy atom. The summed E-state index contributed by atoms with van der Waals surface area (Å²) in [5, 5.41) is 14.2. The molecule has 7 nitrogen and oxygen atoms in total. The Morgan fingerprint density at radius 3 is 2.71 bits per heavy atom. The van der Waals surface area contributed by atoms with Crippen LogP contribution in [0.25, 0.3) is 0 Å². The number of carbonyl (C=O) groups excluding carboxylic acids is 1. The van der Waals surface area contributed by atoms with Gasteiger partial charge in [-0.3, -0.25) is 14.9 Å². The summed E-state index contributed by atoms with van der Waals surface area (Å²) in [6, 6.07) is 4.68. The van der Waals surface area contributed by atoms with E-state index < -0.39 is 4.92 Å². The number of morpholine rings is 1. The summed E-state index contributed by atoms with van der Waals surface area (Å²) in [6.07, 6.45) is 4.29. The molecule has 0 radical (unpaired) electrons. The zero-order valence-corrected chi connectivity index (χ0v) is 14.1. The highest BCUT2D eigenvalue weighted by Gasteiger charge is 2.23. The number of ether oxygens (including phenoxy) is 1. The number of benzene rings is 1. The normalized spacial score (nSPS) is 14.5. The van der Waals surface area contributed by atoms with Crippen molar-refractivity contribution in [1.82, 2.24) is 5.32 Å². The highest BCUT2D eigenvalue weighted by Crippen LogP contribution is 2.29. The largest absolute Gasteiger partial charge is 0.378 e. The molecule has 0 aromatic heterocycles. The van der Waals surface area contributed by atoms with Crippen LogP contribution in [0.4, 0.5) is 11.4 Å². The first-order valence-corrected chi connectivity index (χ1v) is 8.52. The Hall–Kier alpha value is -2.15. The zero-order chi connectivity index (χ0) is 17.4. The summed E-state index contributed by atoms with van der Waals surface area (Å²) in [4.78, 5) is 25.1. The van der Waals surface area contributed by atoms with Gasteiger partial charge < -0.3 is 15.0 Å². The third-order valence-electron chi connectivity index (χ3n) is 4.10. The van der Waals surface area contributed by atoms with Crippen molar-refractivity contribution >= 4 is 17.3 Å². The minimum Gasteiger partial charge on any atom is -0.378 e. The number of hydrogen-bond acceptors (Lipinski definition) is 5. The van der Waals surface area contributed by atoms with Crippen LogP contribution in [0.3, 0.4) is 0 Å². The maximum absolute atomic E-state index is 12.2. The molecule has 7 heteroatoms. The number of rotatable bonds is 8. The van der Waals surface area contributed by atoms with Crippen LogP contribution >= 0.6 is 0 Å². The number of nitrogens with one attached hydrogen (secondary N) is 1. The molecule has 2 rings (SSSR count).